The van der Waals surface area contributed by atoms with Gasteiger partial charge in [0.25, 0.3) is 5.91 Å². The summed E-state index contributed by atoms with van der Waals surface area (Å²) in [6.45, 7) is 8.56. The highest BCUT2D eigenvalue weighted by Crippen LogP contribution is 2.46. The second kappa shape index (κ2) is 19.0. The number of allylic oxidation sites excluding steroid dienone is 1. The van der Waals surface area contributed by atoms with Gasteiger partial charge >= 0.3 is 22.4 Å². The average Bonchev–Trinajstić information content (AvgIpc) is 3.76. The van der Waals surface area contributed by atoms with Crippen LogP contribution in [0.4, 0.5) is 9.59 Å². The van der Waals surface area contributed by atoms with Gasteiger partial charge in [-0.05, 0) is 89.9 Å². The molecule has 5 aliphatic heterocycles. The second-order valence-corrected chi connectivity index (χ2v) is 19.9. The van der Waals surface area contributed by atoms with Crippen molar-refractivity contribution in [3.8, 4) is 0 Å². The van der Waals surface area contributed by atoms with E-state index in [2.05, 4.69) is 32.4 Å². The predicted octanol–water partition coefficient (Wildman–Crippen LogP) is 3.16. The molecule has 0 spiro atoms. The molecule has 7 rings (SSSR count). The van der Waals surface area contributed by atoms with Crippen LogP contribution in [0.5, 0.6) is 0 Å². The molecule has 1 aromatic rings. The summed E-state index contributed by atoms with van der Waals surface area (Å²) in [5, 5.41) is 5.61. The monoisotopic (exact) mass is 869 g/mol. The van der Waals surface area contributed by atoms with Crippen LogP contribution in [-0.2, 0) is 45.2 Å². The van der Waals surface area contributed by atoms with Gasteiger partial charge in [-0.1, -0.05) is 55.7 Å². The fourth-order valence-electron chi connectivity index (χ4n) is 9.34. The first-order chi connectivity index (χ1) is 29.1. The number of benzene rings is 1. The number of ether oxygens (including phenoxy) is 3. The standard InChI is InChI=1S/C43H63N7O10S/c1-42(2,3)60-40(54)44-34-17-9-6-4-5-8-15-31-27-43(31,39(53)46-61(56,57)48-22-24-58-25-23-48)45-37(51)35-26-32(28-50(35)38(34)52)59-41(55)49-21-18-30-14-10-11-16-33(30)36(49)29-47-19-12-7-13-20-47/h8,10-11,14-16,31-32,34-36H,4-7,9,12-13,17-29H2,1-3H3,(H,44,54)(H,45,51)(H,46,53)/t31?,32-,34+,35+,36?,43-/m1/s1. The number of alkyl carbamates (subject to hydrolysis) is 1. The quantitative estimate of drug-likeness (QED) is 0.341. The van der Waals surface area contributed by atoms with E-state index in [4.69, 9.17) is 14.2 Å². The number of nitrogens with one attached hydrogen (secondary N) is 3. The van der Waals surface area contributed by atoms with Gasteiger partial charge in [0, 0.05) is 38.5 Å². The van der Waals surface area contributed by atoms with Crippen molar-refractivity contribution in [1.82, 2.24) is 34.4 Å². The maximum atomic E-state index is 14.7. The number of piperidine rings is 1. The summed E-state index contributed by atoms with van der Waals surface area (Å²) in [6, 6.07) is 5.63. The lowest BCUT2D eigenvalue weighted by Gasteiger charge is -2.40. The van der Waals surface area contributed by atoms with Crippen molar-refractivity contribution in [1.29, 1.82) is 0 Å². The number of carbonyl (C=O) groups is 5. The fourth-order valence-corrected chi connectivity index (χ4v) is 10.5. The normalized spacial score (nSPS) is 29.5. The summed E-state index contributed by atoms with van der Waals surface area (Å²) in [7, 11) is -4.25. The Bertz CT molecular complexity index is 1930. The molecule has 1 aromatic carbocycles. The minimum Gasteiger partial charge on any atom is -0.444 e. The molecule has 0 bridgehead atoms. The number of fused-ring (bicyclic) bond motifs is 3. The highest BCUT2D eigenvalue weighted by molar-refractivity contribution is 7.87. The van der Waals surface area contributed by atoms with Crippen molar-refractivity contribution in [3.63, 3.8) is 0 Å². The third-order valence-corrected chi connectivity index (χ3v) is 14.1. The number of likely N-dealkylation sites (tertiary alicyclic amines) is 1. The molecular formula is C43H63N7O10S. The smallest absolute Gasteiger partial charge is 0.410 e. The van der Waals surface area contributed by atoms with Crippen molar-refractivity contribution in [2.75, 3.05) is 59.0 Å². The first kappa shape index (κ1) is 44.8. The van der Waals surface area contributed by atoms with Crippen LogP contribution in [0.15, 0.2) is 36.4 Å². The van der Waals surface area contributed by atoms with E-state index in [1.54, 1.807) is 25.7 Å². The van der Waals surface area contributed by atoms with Crippen LogP contribution in [0.1, 0.15) is 102 Å². The SMILES string of the molecule is CC(C)(C)OC(=O)N[C@H]1CCCCCC=CC2C[C@@]2(C(=O)NS(=O)(=O)N2CCOCC2)NC(=O)[C@@H]2C[C@@H](OC(=O)N3CCc4ccccc4C3CN3CCCCC3)CN2C1=O. The van der Waals surface area contributed by atoms with E-state index >= 15 is 0 Å². The van der Waals surface area contributed by atoms with Crippen molar-refractivity contribution in [3.05, 3.63) is 47.5 Å². The Morgan fingerprint density at radius 2 is 1.70 bits per heavy atom. The highest BCUT2D eigenvalue weighted by atomic mass is 32.2. The molecule has 336 valence electrons. The number of nitrogens with zero attached hydrogens (tertiary/aromatic N) is 4. The summed E-state index contributed by atoms with van der Waals surface area (Å²) in [6.07, 6.45) is 8.67. The van der Waals surface area contributed by atoms with E-state index in [-0.39, 0.29) is 58.2 Å². The topological polar surface area (TPSA) is 196 Å². The van der Waals surface area contributed by atoms with E-state index in [0.29, 0.717) is 32.4 Å². The van der Waals surface area contributed by atoms with E-state index in [1.807, 2.05) is 24.3 Å². The van der Waals surface area contributed by atoms with E-state index < -0.39 is 75.4 Å². The lowest BCUT2D eigenvalue weighted by Crippen LogP contribution is -2.59. The van der Waals surface area contributed by atoms with Crippen molar-refractivity contribution in [2.45, 2.75) is 127 Å². The van der Waals surface area contributed by atoms with Crippen LogP contribution in [0.3, 0.4) is 0 Å². The zero-order valence-corrected chi connectivity index (χ0v) is 36.6. The molecule has 17 nitrogen and oxygen atoms in total. The lowest BCUT2D eigenvalue weighted by atomic mass is 9.92. The van der Waals surface area contributed by atoms with Crippen LogP contribution in [0, 0.1) is 5.92 Å². The summed E-state index contributed by atoms with van der Waals surface area (Å²) < 4.78 is 47.1. The van der Waals surface area contributed by atoms with Crippen LogP contribution < -0.4 is 15.4 Å². The molecule has 1 saturated carbocycles. The summed E-state index contributed by atoms with van der Waals surface area (Å²) in [5.74, 6) is -2.61. The average molecular weight is 870 g/mol. The molecule has 3 saturated heterocycles. The van der Waals surface area contributed by atoms with Gasteiger partial charge in [-0.15, -0.1) is 0 Å². The minimum absolute atomic E-state index is 0.0754. The molecule has 0 aromatic heterocycles. The third-order valence-electron chi connectivity index (χ3n) is 12.7. The Hall–Kier alpha value is -4.26. The number of morpholine rings is 1. The second-order valence-electron chi connectivity index (χ2n) is 18.3. The Kier molecular flexibility index (Phi) is 14.0. The zero-order chi connectivity index (χ0) is 43.4. The van der Waals surface area contributed by atoms with E-state index in [0.717, 1.165) is 48.6 Å². The maximum Gasteiger partial charge on any atom is 0.410 e. The van der Waals surface area contributed by atoms with Gasteiger partial charge < -0.3 is 34.6 Å². The van der Waals surface area contributed by atoms with Crippen molar-refractivity contribution < 1.29 is 46.6 Å². The molecular weight excluding hydrogens is 807 g/mol. The van der Waals surface area contributed by atoms with E-state index in [1.165, 1.54) is 16.9 Å². The first-order valence-corrected chi connectivity index (χ1v) is 23.5. The van der Waals surface area contributed by atoms with Crippen LogP contribution in [-0.4, -0.2) is 146 Å². The number of rotatable bonds is 7. The predicted molar refractivity (Wildman–Crippen MR) is 224 cm³/mol. The zero-order valence-electron chi connectivity index (χ0n) is 35.8. The highest BCUT2D eigenvalue weighted by Gasteiger charge is 2.62. The molecule has 0 radical (unpaired) electrons. The summed E-state index contributed by atoms with van der Waals surface area (Å²) in [4.78, 5) is 76.2. The van der Waals surface area contributed by atoms with Gasteiger partial charge in [0.15, 0.2) is 0 Å². The first-order valence-electron chi connectivity index (χ1n) is 22.1. The van der Waals surface area contributed by atoms with Crippen LogP contribution in [0.25, 0.3) is 0 Å². The molecule has 18 heteroatoms. The fraction of sp³-hybridized carbons (Fsp3) is 0.698. The Morgan fingerprint density at radius 3 is 2.46 bits per heavy atom. The Balaban J connectivity index is 1.15. The molecule has 2 unspecified atom stereocenters. The van der Waals surface area contributed by atoms with Gasteiger partial charge in [0.05, 0.1) is 25.8 Å². The largest absolute Gasteiger partial charge is 0.444 e. The molecule has 1 aliphatic carbocycles. The Labute approximate surface area is 359 Å². The van der Waals surface area contributed by atoms with Gasteiger partial charge in [0.1, 0.15) is 29.3 Å². The van der Waals surface area contributed by atoms with Gasteiger partial charge in [0.2, 0.25) is 11.8 Å². The molecule has 6 aliphatic rings. The Morgan fingerprint density at radius 1 is 0.967 bits per heavy atom. The van der Waals surface area contributed by atoms with Gasteiger partial charge in [-0.25, -0.2) is 14.3 Å². The number of carbonyl (C=O) groups excluding carboxylic acids is 5. The van der Waals surface area contributed by atoms with E-state index in [9.17, 15) is 32.4 Å². The molecule has 5 amide bonds. The van der Waals surface area contributed by atoms with Gasteiger partial charge in [-0.3, -0.25) is 19.3 Å². The minimum atomic E-state index is -4.25. The van der Waals surface area contributed by atoms with Crippen molar-refractivity contribution >= 4 is 40.1 Å². The summed E-state index contributed by atoms with van der Waals surface area (Å²) in [5.41, 5.74) is -0.170. The number of amides is 5. The lowest BCUT2D eigenvalue weighted by molar-refractivity contribution is -0.141. The molecule has 3 N–H and O–H groups in total. The molecule has 5 heterocycles. The number of hydrogen-bond acceptors (Lipinski definition) is 11. The van der Waals surface area contributed by atoms with Gasteiger partial charge in [-0.2, -0.15) is 12.7 Å². The summed E-state index contributed by atoms with van der Waals surface area (Å²) >= 11 is 0. The molecule has 4 fully saturated rings. The molecule has 61 heavy (non-hydrogen) atoms. The van der Waals surface area contributed by atoms with Crippen LogP contribution in [0.2, 0.25) is 0 Å². The maximum absolute atomic E-state index is 14.7. The van der Waals surface area contributed by atoms with Crippen molar-refractivity contribution in [2.24, 2.45) is 5.92 Å². The number of hydrogen-bond donors (Lipinski definition) is 3. The third kappa shape index (κ3) is 10.9. The molecule has 6 atom stereocenters. The van der Waals surface area contributed by atoms with Crippen LogP contribution >= 0.6 is 0 Å².